The second kappa shape index (κ2) is 10.6. The van der Waals surface area contributed by atoms with E-state index in [0.29, 0.717) is 22.8 Å². The number of halogens is 4. The third-order valence-corrected chi connectivity index (χ3v) is 6.76. The molecule has 1 heterocycles. The van der Waals surface area contributed by atoms with Gasteiger partial charge in [0.25, 0.3) is 0 Å². The van der Waals surface area contributed by atoms with Gasteiger partial charge >= 0.3 is 23.8 Å². The Morgan fingerprint density at radius 1 is 1.03 bits per heavy atom. The predicted molar refractivity (Wildman–Crippen MR) is 125 cm³/mol. The summed E-state index contributed by atoms with van der Waals surface area (Å²) >= 11 is 6.38. The molecule has 3 N–H and O–H groups in total. The number of benzene rings is 2. The van der Waals surface area contributed by atoms with Crippen molar-refractivity contribution in [2.24, 2.45) is 11.8 Å². The molecular weight excluding hydrogens is 501 g/mol. The van der Waals surface area contributed by atoms with E-state index in [0.717, 1.165) is 31.2 Å². The van der Waals surface area contributed by atoms with E-state index in [2.05, 4.69) is 20.8 Å². The van der Waals surface area contributed by atoms with Crippen LogP contribution in [0.2, 0.25) is 5.02 Å². The van der Waals surface area contributed by atoms with Gasteiger partial charge in [0.1, 0.15) is 5.82 Å². The van der Waals surface area contributed by atoms with E-state index < -0.39 is 46.9 Å². The molecule has 1 aliphatic rings. The van der Waals surface area contributed by atoms with Crippen molar-refractivity contribution < 1.29 is 32.3 Å². The van der Waals surface area contributed by atoms with Gasteiger partial charge in [-0.2, -0.15) is 0 Å². The Labute approximate surface area is 208 Å². The molecule has 0 bridgehead atoms. The number of amides is 1. The minimum absolute atomic E-state index is 0.153. The van der Waals surface area contributed by atoms with Gasteiger partial charge in [-0.05, 0) is 55.2 Å². The van der Waals surface area contributed by atoms with Crippen LogP contribution >= 0.6 is 11.6 Å². The van der Waals surface area contributed by atoms with Crippen LogP contribution in [-0.2, 0) is 4.79 Å². The predicted octanol–water partition coefficient (Wildman–Crippen LogP) is 6.13. The van der Waals surface area contributed by atoms with Crippen molar-refractivity contribution in [3.05, 3.63) is 64.3 Å². The molecule has 1 saturated carbocycles. The molecule has 1 fully saturated rings. The quantitative estimate of drug-likeness (QED) is 0.319. The Balaban J connectivity index is 1.38. The average Bonchev–Trinajstić information content (AvgIpc) is 3.32. The molecule has 0 spiro atoms. The average molecular weight is 523 g/mol. The standard InChI is InChI=1S/C24H22ClF3N4O4/c1-11(23(34)35)12-2-4-13(5-3-12)14-6-7-19(15(25)8-14)29-21(33)22-31-32-24(36-22)30-20-10-17(27)16(26)9-18(20)28/h6-13H,2-5H2,1H3,(H,29,33)(H,30,32)(H,34,35). The highest BCUT2D eigenvalue weighted by molar-refractivity contribution is 6.34. The van der Waals surface area contributed by atoms with Gasteiger partial charge in [0.2, 0.25) is 0 Å². The molecule has 36 heavy (non-hydrogen) atoms. The number of anilines is 3. The highest BCUT2D eigenvalue weighted by atomic mass is 35.5. The molecule has 8 nitrogen and oxygen atoms in total. The highest BCUT2D eigenvalue weighted by Gasteiger charge is 2.29. The Morgan fingerprint density at radius 3 is 2.39 bits per heavy atom. The van der Waals surface area contributed by atoms with Crippen LogP contribution < -0.4 is 10.6 Å². The molecule has 0 saturated heterocycles. The second-order valence-electron chi connectivity index (χ2n) is 8.72. The van der Waals surface area contributed by atoms with Crippen molar-refractivity contribution in [1.82, 2.24) is 10.2 Å². The maximum Gasteiger partial charge on any atom is 0.320 e. The zero-order valence-electron chi connectivity index (χ0n) is 19.0. The van der Waals surface area contributed by atoms with Crippen LogP contribution in [0.4, 0.5) is 30.6 Å². The Bertz CT molecular complexity index is 1290. The number of nitrogens with zero attached hydrogens (tertiary/aromatic N) is 2. The molecule has 1 atom stereocenters. The van der Waals surface area contributed by atoms with Gasteiger partial charge in [-0.25, -0.2) is 13.2 Å². The van der Waals surface area contributed by atoms with Crippen LogP contribution in [0, 0.1) is 29.3 Å². The number of rotatable bonds is 7. The number of hydrogen-bond acceptors (Lipinski definition) is 6. The van der Waals surface area contributed by atoms with E-state index >= 15 is 0 Å². The lowest BCUT2D eigenvalue weighted by Crippen LogP contribution is -2.24. The fourth-order valence-electron chi connectivity index (χ4n) is 4.32. The Hall–Kier alpha value is -3.60. The largest absolute Gasteiger partial charge is 0.481 e. The third kappa shape index (κ3) is 5.62. The summed E-state index contributed by atoms with van der Waals surface area (Å²) in [6, 6.07) is 5.78. The van der Waals surface area contributed by atoms with Crippen molar-refractivity contribution in [1.29, 1.82) is 0 Å². The lowest BCUT2D eigenvalue weighted by Gasteiger charge is -2.31. The first-order valence-electron chi connectivity index (χ1n) is 11.2. The molecule has 0 radical (unpaired) electrons. The van der Waals surface area contributed by atoms with Crippen LogP contribution in [0.5, 0.6) is 0 Å². The summed E-state index contributed by atoms with van der Waals surface area (Å²) in [4.78, 5) is 23.7. The van der Waals surface area contributed by atoms with Crippen LogP contribution in [0.15, 0.2) is 34.7 Å². The molecule has 4 rings (SSSR count). The summed E-state index contributed by atoms with van der Waals surface area (Å²) in [7, 11) is 0. The molecule has 1 aromatic heterocycles. The van der Waals surface area contributed by atoms with Crippen LogP contribution in [-0.4, -0.2) is 27.2 Å². The summed E-state index contributed by atoms with van der Waals surface area (Å²) in [5.74, 6) is -5.72. The molecule has 2 aromatic carbocycles. The van der Waals surface area contributed by atoms with Crippen molar-refractivity contribution in [2.45, 2.75) is 38.5 Å². The van der Waals surface area contributed by atoms with Crippen molar-refractivity contribution >= 4 is 40.9 Å². The number of carbonyl (C=O) groups is 2. The minimum Gasteiger partial charge on any atom is -0.481 e. The zero-order valence-corrected chi connectivity index (χ0v) is 19.8. The smallest absolute Gasteiger partial charge is 0.320 e. The molecular formula is C24H22ClF3N4O4. The molecule has 0 aliphatic heterocycles. The first-order valence-corrected chi connectivity index (χ1v) is 11.6. The second-order valence-corrected chi connectivity index (χ2v) is 9.12. The lowest BCUT2D eigenvalue weighted by atomic mass is 9.74. The zero-order chi connectivity index (χ0) is 26.0. The first-order chi connectivity index (χ1) is 17.1. The van der Waals surface area contributed by atoms with E-state index in [1.165, 1.54) is 0 Å². The maximum absolute atomic E-state index is 13.8. The number of carboxylic acid groups (broad SMARTS) is 1. The molecule has 1 amide bonds. The number of aliphatic carboxylic acids is 1. The van der Waals surface area contributed by atoms with Gasteiger partial charge in [-0.1, -0.05) is 29.7 Å². The molecule has 1 aliphatic carbocycles. The Morgan fingerprint density at radius 2 is 1.72 bits per heavy atom. The summed E-state index contributed by atoms with van der Waals surface area (Å²) in [6.45, 7) is 1.74. The summed E-state index contributed by atoms with van der Waals surface area (Å²) in [5, 5.41) is 21.5. The monoisotopic (exact) mass is 522 g/mol. The summed E-state index contributed by atoms with van der Waals surface area (Å²) in [5.41, 5.74) is 0.852. The maximum atomic E-state index is 13.8. The van der Waals surface area contributed by atoms with Gasteiger partial charge in [-0.3, -0.25) is 9.59 Å². The molecule has 1 unspecified atom stereocenters. The normalized spacial score (nSPS) is 18.5. The minimum atomic E-state index is -1.35. The third-order valence-electron chi connectivity index (χ3n) is 6.45. The SMILES string of the molecule is CC(C(=O)O)C1CCC(c2ccc(NC(=O)c3nnc(Nc4cc(F)c(F)cc4F)o3)c(Cl)c2)CC1. The number of hydrogen-bond donors (Lipinski definition) is 3. The van der Waals surface area contributed by atoms with E-state index in [1.54, 1.807) is 19.1 Å². The summed E-state index contributed by atoms with van der Waals surface area (Å²) in [6.07, 6.45) is 3.33. The molecule has 3 aromatic rings. The number of nitrogens with one attached hydrogen (secondary N) is 2. The van der Waals surface area contributed by atoms with Gasteiger partial charge in [0.05, 0.1) is 22.3 Å². The highest BCUT2D eigenvalue weighted by Crippen LogP contribution is 2.40. The lowest BCUT2D eigenvalue weighted by molar-refractivity contribution is -0.143. The van der Waals surface area contributed by atoms with E-state index in [4.69, 9.17) is 16.0 Å². The fourth-order valence-corrected chi connectivity index (χ4v) is 4.55. The van der Waals surface area contributed by atoms with Crippen LogP contribution in [0.25, 0.3) is 0 Å². The topological polar surface area (TPSA) is 117 Å². The number of carbonyl (C=O) groups excluding carboxylic acids is 1. The number of carboxylic acids is 1. The van der Waals surface area contributed by atoms with Gasteiger partial charge < -0.3 is 20.2 Å². The molecule has 12 heteroatoms. The van der Waals surface area contributed by atoms with Crippen LogP contribution in [0.1, 0.15) is 54.8 Å². The van der Waals surface area contributed by atoms with Crippen LogP contribution in [0.3, 0.4) is 0 Å². The van der Waals surface area contributed by atoms with Crippen molar-refractivity contribution in [3.63, 3.8) is 0 Å². The first kappa shape index (κ1) is 25.5. The summed E-state index contributed by atoms with van der Waals surface area (Å²) < 4.78 is 45.4. The fraction of sp³-hybridized carbons (Fsp3) is 0.333. The van der Waals surface area contributed by atoms with Crippen molar-refractivity contribution in [2.75, 3.05) is 10.6 Å². The van der Waals surface area contributed by atoms with E-state index in [9.17, 15) is 27.9 Å². The van der Waals surface area contributed by atoms with E-state index in [1.807, 2.05) is 6.07 Å². The molecule has 190 valence electrons. The Kier molecular flexibility index (Phi) is 7.48. The van der Waals surface area contributed by atoms with Gasteiger partial charge in [0, 0.05) is 12.1 Å². The van der Waals surface area contributed by atoms with E-state index in [-0.39, 0.29) is 17.8 Å². The van der Waals surface area contributed by atoms with Gasteiger partial charge in [0.15, 0.2) is 11.6 Å². The van der Waals surface area contributed by atoms with Crippen molar-refractivity contribution in [3.8, 4) is 0 Å². The van der Waals surface area contributed by atoms with Gasteiger partial charge in [-0.15, -0.1) is 5.10 Å². The number of aromatic nitrogens is 2.